The highest BCUT2D eigenvalue weighted by atomic mass is 31.2. The van der Waals surface area contributed by atoms with Crippen LogP contribution >= 0.6 is 7.60 Å². The van der Waals surface area contributed by atoms with Gasteiger partial charge in [-0.2, -0.15) is 0 Å². The molecule has 1 aromatic carbocycles. The topological polar surface area (TPSA) is 107 Å². The first-order valence-electron chi connectivity index (χ1n) is 8.85. The second-order valence-corrected chi connectivity index (χ2v) is 8.83. The van der Waals surface area contributed by atoms with E-state index in [9.17, 15) is 14.4 Å². The zero-order chi connectivity index (χ0) is 19.2. The fourth-order valence-electron chi connectivity index (χ4n) is 3.99. The summed E-state index contributed by atoms with van der Waals surface area (Å²) in [5.41, 5.74) is 1.99. The van der Waals surface area contributed by atoms with Gasteiger partial charge < -0.3 is 23.8 Å². The highest BCUT2D eigenvalue weighted by Gasteiger charge is 2.34. The standard InChI is InChI=1S/C18H22N3O5P/c1-25-16-7-13-14(8-17(16)26-2)19-9-15-18(13)21(10-20-15)11-3-5-12(6-4-11)27(22,23)24/h7-12H,3-6H2,1-2H3,(H2,22,23,24)/t11-,12-. The molecule has 144 valence electrons. The lowest BCUT2D eigenvalue weighted by Crippen LogP contribution is -2.21. The van der Waals surface area contributed by atoms with Crippen molar-refractivity contribution in [3.05, 3.63) is 24.7 Å². The Morgan fingerprint density at radius 2 is 1.70 bits per heavy atom. The van der Waals surface area contributed by atoms with Crippen LogP contribution in [0.2, 0.25) is 0 Å². The molecule has 4 rings (SSSR count). The number of imidazole rings is 1. The first-order valence-corrected chi connectivity index (χ1v) is 10.5. The number of hydrogen-bond donors (Lipinski definition) is 2. The molecule has 0 radical (unpaired) electrons. The smallest absolute Gasteiger partial charge is 0.328 e. The molecule has 3 aromatic rings. The van der Waals surface area contributed by atoms with Gasteiger partial charge >= 0.3 is 7.60 Å². The maximum Gasteiger partial charge on any atom is 0.328 e. The number of methoxy groups -OCH3 is 2. The molecule has 0 bridgehead atoms. The summed E-state index contributed by atoms with van der Waals surface area (Å²) < 4.78 is 24.5. The Morgan fingerprint density at radius 3 is 2.33 bits per heavy atom. The predicted molar refractivity (Wildman–Crippen MR) is 101 cm³/mol. The van der Waals surface area contributed by atoms with Crippen molar-refractivity contribution in [2.24, 2.45) is 0 Å². The molecule has 0 spiro atoms. The van der Waals surface area contributed by atoms with E-state index in [0.29, 0.717) is 37.2 Å². The average Bonchev–Trinajstić information content (AvgIpc) is 3.10. The maximum atomic E-state index is 11.5. The quantitative estimate of drug-likeness (QED) is 0.658. The van der Waals surface area contributed by atoms with Gasteiger partial charge in [-0.3, -0.25) is 9.55 Å². The van der Waals surface area contributed by atoms with Gasteiger partial charge in [-0.05, 0) is 31.7 Å². The monoisotopic (exact) mass is 391 g/mol. The van der Waals surface area contributed by atoms with E-state index in [1.165, 1.54) is 0 Å². The van der Waals surface area contributed by atoms with Crippen LogP contribution < -0.4 is 9.47 Å². The van der Waals surface area contributed by atoms with Crippen LogP contribution in [0.15, 0.2) is 24.7 Å². The average molecular weight is 391 g/mol. The molecule has 0 unspecified atom stereocenters. The second-order valence-electron chi connectivity index (χ2n) is 6.92. The van der Waals surface area contributed by atoms with Crippen molar-refractivity contribution < 1.29 is 23.8 Å². The van der Waals surface area contributed by atoms with Crippen LogP contribution in [-0.4, -0.2) is 44.2 Å². The van der Waals surface area contributed by atoms with Crippen LogP contribution in [0.3, 0.4) is 0 Å². The fraction of sp³-hybridized carbons (Fsp3) is 0.444. The molecule has 1 saturated carbocycles. The largest absolute Gasteiger partial charge is 0.493 e. The van der Waals surface area contributed by atoms with Gasteiger partial charge in [0, 0.05) is 17.5 Å². The number of rotatable bonds is 4. The number of benzene rings is 1. The van der Waals surface area contributed by atoms with Gasteiger partial charge in [0.2, 0.25) is 0 Å². The molecule has 2 heterocycles. The van der Waals surface area contributed by atoms with E-state index < -0.39 is 13.3 Å². The molecule has 1 aliphatic carbocycles. The Morgan fingerprint density at radius 1 is 1.04 bits per heavy atom. The lowest BCUT2D eigenvalue weighted by molar-refractivity contribution is 0.306. The fourth-order valence-corrected chi connectivity index (χ4v) is 4.96. The van der Waals surface area contributed by atoms with Crippen LogP contribution in [-0.2, 0) is 4.57 Å². The van der Waals surface area contributed by atoms with E-state index in [4.69, 9.17) is 9.47 Å². The minimum atomic E-state index is -4.02. The van der Waals surface area contributed by atoms with Crippen molar-refractivity contribution in [1.82, 2.24) is 14.5 Å². The van der Waals surface area contributed by atoms with Crippen LogP contribution in [0.25, 0.3) is 21.9 Å². The van der Waals surface area contributed by atoms with Gasteiger partial charge in [0.05, 0.1) is 43.4 Å². The van der Waals surface area contributed by atoms with Gasteiger partial charge in [-0.25, -0.2) is 4.98 Å². The minimum Gasteiger partial charge on any atom is -0.493 e. The third-order valence-corrected chi connectivity index (χ3v) is 6.91. The van der Waals surface area contributed by atoms with Crippen molar-refractivity contribution in [2.45, 2.75) is 37.4 Å². The van der Waals surface area contributed by atoms with E-state index in [0.717, 1.165) is 21.9 Å². The van der Waals surface area contributed by atoms with E-state index in [1.807, 2.05) is 12.1 Å². The van der Waals surface area contributed by atoms with Gasteiger partial charge in [-0.1, -0.05) is 0 Å². The zero-order valence-electron chi connectivity index (χ0n) is 15.2. The van der Waals surface area contributed by atoms with Gasteiger partial charge in [0.1, 0.15) is 5.52 Å². The van der Waals surface area contributed by atoms with Crippen molar-refractivity contribution in [1.29, 1.82) is 0 Å². The number of nitrogens with zero attached hydrogens (tertiary/aromatic N) is 3. The highest BCUT2D eigenvalue weighted by molar-refractivity contribution is 7.52. The maximum absolute atomic E-state index is 11.5. The Kier molecular flexibility index (Phi) is 4.58. The van der Waals surface area contributed by atoms with Crippen LogP contribution in [0.5, 0.6) is 11.5 Å². The second kappa shape index (κ2) is 6.78. The predicted octanol–water partition coefficient (Wildman–Crippen LogP) is 3.26. The summed E-state index contributed by atoms with van der Waals surface area (Å²) in [5, 5.41) is 0.916. The number of pyridine rings is 1. The Hall–Kier alpha value is -2.15. The lowest BCUT2D eigenvalue weighted by Gasteiger charge is -2.30. The molecule has 0 saturated heterocycles. The molecule has 0 amide bonds. The lowest BCUT2D eigenvalue weighted by atomic mass is 9.94. The molecule has 0 atom stereocenters. The molecular formula is C18H22N3O5P. The van der Waals surface area contributed by atoms with Gasteiger partial charge in [0.15, 0.2) is 11.5 Å². The Labute approximate surface area is 156 Å². The number of aromatic nitrogens is 3. The molecule has 1 aliphatic rings. The van der Waals surface area contributed by atoms with E-state index >= 15 is 0 Å². The zero-order valence-corrected chi connectivity index (χ0v) is 16.1. The Balaban J connectivity index is 1.78. The van der Waals surface area contributed by atoms with Crippen LogP contribution in [0.4, 0.5) is 0 Å². The summed E-state index contributed by atoms with van der Waals surface area (Å²) in [6.45, 7) is 0. The first-order chi connectivity index (χ1) is 12.9. The summed E-state index contributed by atoms with van der Waals surface area (Å²) in [5.74, 6) is 1.24. The minimum absolute atomic E-state index is 0.150. The third-order valence-electron chi connectivity index (χ3n) is 5.44. The van der Waals surface area contributed by atoms with Crippen molar-refractivity contribution in [2.75, 3.05) is 14.2 Å². The summed E-state index contributed by atoms with van der Waals surface area (Å²) in [4.78, 5) is 27.8. The van der Waals surface area contributed by atoms with Crippen LogP contribution in [0.1, 0.15) is 31.7 Å². The summed E-state index contributed by atoms with van der Waals surface area (Å²) in [6, 6.07) is 3.90. The molecule has 2 aromatic heterocycles. The summed E-state index contributed by atoms with van der Waals surface area (Å²) in [7, 11) is -0.833. The van der Waals surface area contributed by atoms with E-state index in [2.05, 4.69) is 14.5 Å². The number of hydrogen-bond acceptors (Lipinski definition) is 5. The van der Waals surface area contributed by atoms with Crippen molar-refractivity contribution in [3.63, 3.8) is 0 Å². The summed E-state index contributed by atoms with van der Waals surface area (Å²) >= 11 is 0. The normalized spacial score (nSPS) is 20.9. The van der Waals surface area contributed by atoms with Crippen LogP contribution in [0, 0.1) is 0 Å². The SMILES string of the molecule is COc1cc2ncc3ncn([C@H]4CC[C@H](P(=O)(O)O)CC4)c3c2cc1OC. The molecule has 1 fully saturated rings. The van der Waals surface area contributed by atoms with E-state index in [-0.39, 0.29) is 6.04 Å². The van der Waals surface area contributed by atoms with Crippen molar-refractivity contribution >= 4 is 29.5 Å². The molecule has 0 aliphatic heterocycles. The number of fused-ring (bicyclic) bond motifs is 3. The van der Waals surface area contributed by atoms with E-state index in [1.54, 1.807) is 26.7 Å². The van der Waals surface area contributed by atoms with Gasteiger partial charge in [-0.15, -0.1) is 0 Å². The number of ether oxygens (including phenoxy) is 2. The molecular weight excluding hydrogens is 369 g/mol. The molecule has 9 heteroatoms. The first kappa shape index (κ1) is 18.2. The third kappa shape index (κ3) is 3.18. The Bertz CT molecular complexity index is 1040. The highest BCUT2D eigenvalue weighted by Crippen LogP contribution is 2.50. The molecule has 2 N–H and O–H groups in total. The van der Waals surface area contributed by atoms with Gasteiger partial charge in [0.25, 0.3) is 0 Å². The summed E-state index contributed by atoms with van der Waals surface area (Å²) in [6.07, 6.45) is 5.96. The molecule has 8 nitrogen and oxygen atoms in total. The van der Waals surface area contributed by atoms with Crippen molar-refractivity contribution in [3.8, 4) is 11.5 Å². The molecule has 27 heavy (non-hydrogen) atoms.